The molecule has 0 bridgehead atoms. The Hall–Kier alpha value is -2.18. The van der Waals surface area contributed by atoms with Crippen LogP contribution in [0, 0.1) is 0 Å². The van der Waals surface area contributed by atoms with Crippen molar-refractivity contribution in [2.24, 2.45) is 0 Å². The van der Waals surface area contributed by atoms with E-state index >= 15 is 0 Å². The van der Waals surface area contributed by atoms with E-state index in [2.05, 4.69) is 10.1 Å². The van der Waals surface area contributed by atoms with Crippen LogP contribution in [0.2, 0.25) is 0 Å². The van der Waals surface area contributed by atoms with E-state index in [0.717, 1.165) is 37.8 Å². The number of carbonyl (C=O) groups is 2. The van der Waals surface area contributed by atoms with Gasteiger partial charge in [0.25, 0.3) is 0 Å². The van der Waals surface area contributed by atoms with Crippen molar-refractivity contribution in [3.63, 3.8) is 0 Å². The highest BCUT2D eigenvalue weighted by atomic mass is 19.3. The fourth-order valence-electron chi connectivity index (χ4n) is 2.81. The number of alkyl halides is 2. The van der Waals surface area contributed by atoms with Crippen molar-refractivity contribution in [2.75, 3.05) is 19.6 Å². The summed E-state index contributed by atoms with van der Waals surface area (Å²) in [5.41, 5.74) is 0.724. The second-order valence-electron chi connectivity index (χ2n) is 6.09. The number of hydrogen-bond acceptors (Lipinski definition) is 3. The largest absolute Gasteiger partial charge is 0.435 e. The molecule has 1 aromatic rings. The van der Waals surface area contributed by atoms with Gasteiger partial charge in [0.05, 0.1) is 6.42 Å². The van der Waals surface area contributed by atoms with Gasteiger partial charge in [0, 0.05) is 26.1 Å². The maximum atomic E-state index is 12.1. The number of rotatable bonds is 8. The van der Waals surface area contributed by atoms with Crippen LogP contribution < -0.4 is 10.1 Å². The Morgan fingerprint density at radius 1 is 1.20 bits per heavy atom. The second-order valence-corrected chi connectivity index (χ2v) is 6.09. The standard InChI is InChI=1S/C18H24F2N2O3/c19-18(20)25-15-8-6-14(7-9-15)13-16(23)21-10-4-12-22-11-3-1-2-5-17(22)24/h6-9,18H,1-5,10-13H2,(H,21,23). The summed E-state index contributed by atoms with van der Waals surface area (Å²) in [5, 5.41) is 2.82. The number of nitrogens with one attached hydrogen (secondary N) is 1. The molecule has 1 aliphatic heterocycles. The molecule has 7 heteroatoms. The van der Waals surface area contributed by atoms with Crippen LogP contribution in [0.4, 0.5) is 8.78 Å². The van der Waals surface area contributed by atoms with E-state index in [1.54, 1.807) is 12.1 Å². The molecule has 0 atom stereocenters. The normalized spacial score (nSPS) is 15.2. The van der Waals surface area contributed by atoms with Crippen LogP contribution in [0.25, 0.3) is 0 Å². The fourth-order valence-corrected chi connectivity index (χ4v) is 2.81. The topological polar surface area (TPSA) is 58.6 Å². The van der Waals surface area contributed by atoms with E-state index in [1.165, 1.54) is 12.1 Å². The fraction of sp³-hybridized carbons (Fsp3) is 0.556. The van der Waals surface area contributed by atoms with Crippen LogP contribution in [0.3, 0.4) is 0 Å². The minimum Gasteiger partial charge on any atom is -0.435 e. The first kappa shape index (κ1) is 19.1. The van der Waals surface area contributed by atoms with Gasteiger partial charge in [-0.2, -0.15) is 8.78 Å². The first-order valence-corrected chi connectivity index (χ1v) is 8.63. The van der Waals surface area contributed by atoms with E-state index in [-0.39, 0.29) is 24.0 Å². The molecular formula is C18H24F2N2O3. The molecule has 1 fully saturated rings. The highest BCUT2D eigenvalue weighted by Gasteiger charge is 2.15. The third-order valence-electron chi connectivity index (χ3n) is 4.11. The van der Waals surface area contributed by atoms with Gasteiger partial charge in [-0.15, -0.1) is 0 Å². The van der Waals surface area contributed by atoms with Crippen molar-refractivity contribution in [3.8, 4) is 5.75 Å². The van der Waals surface area contributed by atoms with Crippen LogP contribution in [0.15, 0.2) is 24.3 Å². The van der Waals surface area contributed by atoms with E-state index in [9.17, 15) is 18.4 Å². The predicted octanol–water partition coefficient (Wildman–Crippen LogP) is 2.74. The number of likely N-dealkylation sites (tertiary alicyclic amines) is 1. The zero-order valence-electron chi connectivity index (χ0n) is 14.2. The molecule has 2 rings (SSSR count). The van der Waals surface area contributed by atoms with Crippen molar-refractivity contribution in [1.82, 2.24) is 10.2 Å². The minimum atomic E-state index is -2.86. The Morgan fingerprint density at radius 3 is 2.68 bits per heavy atom. The van der Waals surface area contributed by atoms with Gasteiger partial charge < -0.3 is 15.0 Å². The number of hydrogen-bond donors (Lipinski definition) is 1. The van der Waals surface area contributed by atoms with E-state index < -0.39 is 6.61 Å². The Kier molecular flexibility index (Phi) is 7.63. The summed E-state index contributed by atoms with van der Waals surface area (Å²) in [4.78, 5) is 25.6. The Morgan fingerprint density at radius 2 is 1.96 bits per heavy atom. The summed E-state index contributed by atoms with van der Waals surface area (Å²) >= 11 is 0. The summed E-state index contributed by atoms with van der Waals surface area (Å²) in [6.07, 6.45) is 4.63. The highest BCUT2D eigenvalue weighted by molar-refractivity contribution is 5.78. The molecule has 1 aliphatic rings. The van der Waals surface area contributed by atoms with Crippen LogP contribution in [0.5, 0.6) is 5.75 Å². The number of amides is 2. The summed E-state index contributed by atoms with van der Waals surface area (Å²) < 4.78 is 28.4. The molecule has 1 saturated heterocycles. The molecule has 0 aliphatic carbocycles. The number of ether oxygens (including phenoxy) is 1. The molecule has 0 spiro atoms. The van der Waals surface area contributed by atoms with Gasteiger partial charge in [0.15, 0.2) is 0 Å². The predicted molar refractivity (Wildman–Crippen MR) is 89.5 cm³/mol. The van der Waals surface area contributed by atoms with Gasteiger partial charge in [0.2, 0.25) is 11.8 Å². The van der Waals surface area contributed by atoms with E-state index in [0.29, 0.717) is 19.5 Å². The molecule has 0 aromatic heterocycles. The van der Waals surface area contributed by atoms with Gasteiger partial charge >= 0.3 is 6.61 Å². The molecule has 1 aromatic carbocycles. The molecular weight excluding hydrogens is 330 g/mol. The number of nitrogens with zero attached hydrogens (tertiary/aromatic N) is 1. The van der Waals surface area contributed by atoms with Crippen molar-refractivity contribution < 1.29 is 23.1 Å². The van der Waals surface area contributed by atoms with E-state index in [1.807, 2.05) is 4.90 Å². The lowest BCUT2D eigenvalue weighted by Gasteiger charge is -2.20. The van der Waals surface area contributed by atoms with Crippen molar-refractivity contribution in [2.45, 2.75) is 45.1 Å². The minimum absolute atomic E-state index is 0.0706. The number of halogens is 2. The van der Waals surface area contributed by atoms with Gasteiger partial charge in [-0.1, -0.05) is 18.6 Å². The third-order valence-corrected chi connectivity index (χ3v) is 4.11. The highest BCUT2D eigenvalue weighted by Crippen LogP contribution is 2.15. The van der Waals surface area contributed by atoms with Crippen LogP contribution in [0.1, 0.15) is 37.7 Å². The monoisotopic (exact) mass is 354 g/mol. The Labute approximate surface area is 146 Å². The average molecular weight is 354 g/mol. The molecule has 0 unspecified atom stereocenters. The van der Waals surface area contributed by atoms with Crippen LogP contribution in [-0.2, 0) is 16.0 Å². The molecule has 0 radical (unpaired) electrons. The quantitative estimate of drug-likeness (QED) is 0.731. The lowest BCUT2D eigenvalue weighted by molar-refractivity contribution is -0.130. The van der Waals surface area contributed by atoms with Crippen LogP contribution >= 0.6 is 0 Å². The Balaban J connectivity index is 1.65. The summed E-state index contributed by atoms with van der Waals surface area (Å²) in [7, 11) is 0. The maximum Gasteiger partial charge on any atom is 0.387 e. The molecule has 25 heavy (non-hydrogen) atoms. The lowest BCUT2D eigenvalue weighted by Crippen LogP contribution is -2.34. The zero-order chi connectivity index (χ0) is 18.1. The molecule has 138 valence electrons. The molecule has 0 saturated carbocycles. The van der Waals surface area contributed by atoms with Gasteiger partial charge in [-0.25, -0.2) is 0 Å². The Bertz CT molecular complexity index is 564. The van der Waals surface area contributed by atoms with Gasteiger partial charge in [0.1, 0.15) is 5.75 Å². The van der Waals surface area contributed by atoms with Crippen molar-refractivity contribution >= 4 is 11.8 Å². The molecule has 2 amide bonds. The molecule has 1 N–H and O–H groups in total. The van der Waals surface area contributed by atoms with Crippen molar-refractivity contribution in [3.05, 3.63) is 29.8 Å². The SMILES string of the molecule is O=C(Cc1ccc(OC(F)F)cc1)NCCCN1CCCCCC1=O. The third kappa shape index (κ3) is 7.07. The van der Waals surface area contributed by atoms with Gasteiger partial charge in [-0.05, 0) is 37.0 Å². The smallest absolute Gasteiger partial charge is 0.387 e. The maximum absolute atomic E-state index is 12.1. The lowest BCUT2D eigenvalue weighted by atomic mass is 10.1. The van der Waals surface area contributed by atoms with E-state index in [4.69, 9.17) is 0 Å². The number of carbonyl (C=O) groups excluding carboxylic acids is 2. The summed E-state index contributed by atoms with van der Waals surface area (Å²) in [6.45, 7) is -0.876. The molecule has 5 nitrogen and oxygen atoms in total. The first-order valence-electron chi connectivity index (χ1n) is 8.63. The van der Waals surface area contributed by atoms with Crippen molar-refractivity contribution in [1.29, 1.82) is 0 Å². The molecule has 1 heterocycles. The van der Waals surface area contributed by atoms with Crippen LogP contribution in [-0.4, -0.2) is 43.0 Å². The summed E-state index contributed by atoms with van der Waals surface area (Å²) in [6, 6.07) is 6.01. The first-order chi connectivity index (χ1) is 12.0. The second kappa shape index (κ2) is 9.96. The summed E-state index contributed by atoms with van der Waals surface area (Å²) in [5.74, 6) is 0.140. The zero-order valence-corrected chi connectivity index (χ0v) is 14.2. The van der Waals surface area contributed by atoms with Gasteiger partial charge in [-0.3, -0.25) is 9.59 Å². The number of benzene rings is 1. The average Bonchev–Trinajstić information content (AvgIpc) is 2.77.